The molecule has 0 spiro atoms. The molecule has 18 heavy (non-hydrogen) atoms. The van der Waals surface area contributed by atoms with Crippen molar-refractivity contribution < 1.29 is 9.90 Å². The predicted octanol–water partition coefficient (Wildman–Crippen LogP) is 1.90. The van der Waals surface area contributed by atoms with Crippen LogP contribution in [0.25, 0.3) is 10.9 Å². The van der Waals surface area contributed by atoms with Crippen LogP contribution < -0.4 is 4.90 Å². The van der Waals surface area contributed by atoms with E-state index in [9.17, 15) is 9.90 Å². The second kappa shape index (κ2) is 4.14. The monoisotopic (exact) mass is 244 g/mol. The van der Waals surface area contributed by atoms with Gasteiger partial charge < -0.3 is 15.0 Å². The summed E-state index contributed by atoms with van der Waals surface area (Å²) in [7, 11) is 1.79. The molecule has 3 rings (SSSR count). The van der Waals surface area contributed by atoms with Crippen molar-refractivity contribution in [2.45, 2.75) is 18.9 Å². The second-order valence-electron chi connectivity index (χ2n) is 4.94. The third-order valence-corrected chi connectivity index (χ3v) is 3.72. The topological polar surface area (TPSA) is 56.3 Å². The number of nitrogens with one attached hydrogen (secondary N) is 1. The number of benzene rings is 1. The van der Waals surface area contributed by atoms with Gasteiger partial charge in [-0.3, -0.25) is 4.79 Å². The van der Waals surface area contributed by atoms with Crippen molar-refractivity contribution in [3.63, 3.8) is 0 Å². The SMILES string of the molecule is CN(C(=O)C1CC(O)C1)c1cccc2cc[nH]c12. The third kappa shape index (κ3) is 1.69. The number of fused-ring (bicyclic) bond motifs is 1. The van der Waals surface area contributed by atoms with E-state index in [1.807, 2.05) is 30.5 Å². The van der Waals surface area contributed by atoms with Gasteiger partial charge in [-0.1, -0.05) is 12.1 Å². The van der Waals surface area contributed by atoms with Gasteiger partial charge in [-0.05, 0) is 25.0 Å². The summed E-state index contributed by atoms with van der Waals surface area (Å²) in [5.74, 6) is 0.0534. The summed E-state index contributed by atoms with van der Waals surface area (Å²) < 4.78 is 0. The van der Waals surface area contributed by atoms with E-state index in [-0.39, 0.29) is 17.9 Å². The lowest BCUT2D eigenvalue weighted by Gasteiger charge is -2.33. The van der Waals surface area contributed by atoms with Gasteiger partial charge in [0.25, 0.3) is 0 Å². The van der Waals surface area contributed by atoms with Crippen molar-refractivity contribution >= 4 is 22.5 Å². The molecule has 1 aromatic carbocycles. The summed E-state index contributed by atoms with van der Waals surface area (Å²) in [6.45, 7) is 0. The zero-order chi connectivity index (χ0) is 12.7. The Kier molecular flexibility index (Phi) is 2.59. The summed E-state index contributed by atoms with van der Waals surface area (Å²) in [6, 6.07) is 7.89. The number of aliphatic hydroxyl groups excluding tert-OH is 1. The van der Waals surface area contributed by atoms with E-state index in [1.165, 1.54) is 0 Å². The highest BCUT2D eigenvalue weighted by atomic mass is 16.3. The van der Waals surface area contributed by atoms with Gasteiger partial charge in [0, 0.05) is 24.5 Å². The Morgan fingerprint density at radius 3 is 2.89 bits per heavy atom. The molecule has 0 atom stereocenters. The fourth-order valence-corrected chi connectivity index (χ4v) is 2.53. The van der Waals surface area contributed by atoms with Crippen molar-refractivity contribution in [2.75, 3.05) is 11.9 Å². The number of anilines is 1. The minimum Gasteiger partial charge on any atom is -0.393 e. The fourth-order valence-electron chi connectivity index (χ4n) is 2.53. The van der Waals surface area contributed by atoms with E-state index in [1.54, 1.807) is 11.9 Å². The molecule has 0 saturated heterocycles. The van der Waals surface area contributed by atoms with Crippen LogP contribution in [0.5, 0.6) is 0 Å². The van der Waals surface area contributed by atoms with Crippen LogP contribution in [-0.2, 0) is 4.79 Å². The second-order valence-corrected chi connectivity index (χ2v) is 4.94. The molecule has 0 bridgehead atoms. The first kappa shape index (κ1) is 11.3. The number of carbonyl (C=O) groups is 1. The smallest absolute Gasteiger partial charge is 0.230 e. The molecule has 1 amide bonds. The Balaban J connectivity index is 1.89. The maximum absolute atomic E-state index is 12.2. The Morgan fingerprint density at radius 2 is 2.17 bits per heavy atom. The summed E-state index contributed by atoms with van der Waals surface area (Å²) in [5.41, 5.74) is 1.87. The molecule has 1 aliphatic rings. The van der Waals surface area contributed by atoms with Crippen LogP contribution in [0, 0.1) is 5.92 Å². The summed E-state index contributed by atoms with van der Waals surface area (Å²) in [5, 5.41) is 10.4. The Morgan fingerprint density at radius 1 is 1.39 bits per heavy atom. The van der Waals surface area contributed by atoms with Gasteiger partial charge in [0.2, 0.25) is 5.91 Å². The molecule has 4 heteroatoms. The highest BCUT2D eigenvalue weighted by molar-refractivity contribution is 6.03. The molecule has 0 aliphatic heterocycles. The molecule has 1 saturated carbocycles. The maximum atomic E-state index is 12.2. The van der Waals surface area contributed by atoms with Crippen LogP contribution in [0.3, 0.4) is 0 Å². The van der Waals surface area contributed by atoms with Crippen molar-refractivity contribution in [2.24, 2.45) is 5.92 Å². The third-order valence-electron chi connectivity index (χ3n) is 3.72. The highest BCUT2D eigenvalue weighted by Crippen LogP contribution is 2.32. The first-order valence-corrected chi connectivity index (χ1v) is 6.18. The Bertz CT molecular complexity index is 584. The number of carbonyl (C=O) groups excluding carboxylic acids is 1. The van der Waals surface area contributed by atoms with E-state index in [4.69, 9.17) is 0 Å². The number of rotatable bonds is 2. The Hall–Kier alpha value is -1.81. The van der Waals surface area contributed by atoms with Crippen LogP contribution in [0.2, 0.25) is 0 Å². The van der Waals surface area contributed by atoms with E-state index in [0.717, 1.165) is 16.6 Å². The zero-order valence-corrected chi connectivity index (χ0v) is 10.3. The normalized spacial score (nSPS) is 22.8. The molecule has 1 aromatic heterocycles. The molecule has 0 unspecified atom stereocenters. The molecular weight excluding hydrogens is 228 g/mol. The zero-order valence-electron chi connectivity index (χ0n) is 10.3. The first-order valence-electron chi connectivity index (χ1n) is 6.18. The number of aromatic nitrogens is 1. The number of hydrogen-bond acceptors (Lipinski definition) is 2. The van der Waals surface area contributed by atoms with Gasteiger partial charge in [0.1, 0.15) is 0 Å². The number of aliphatic hydroxyl groups is 1. The molecule has 1 aliphatic carbocycles. The number of nitrogens with zero attached hydrogens (tertiary/aromatic N) is 1. The maximum Gasteiger partial charge on any atom is 0.230 e. The van der Waals surface area contributed by atoms with E-state index in [0.29, 0.717) is 12.8 Å². The number of para-hydroxylation sites is 1. The lowest BCUT2D eigenvalue weighted by molar-refractivity contribution is -0.128. The number of aromatic amines is 1. The van der Waals surface area contributed by atoms with Gasteiger partial charge in [-0.2, -0.15) is 0 Å². The average Bonchev–Trinajstić information content (AvgIpc) is 2.81. The molecule has 0 radical (unpaired) electrons. The van der Waals surface area contributed by atoms with Crippen molar-refractivity contribution in [3.8, 4) is 0 Å². The summed E-state index contributed by atoms with van der Waals surface area (Å²) >= 11 is 0. The molecule has 1 fully saturated rings. The Labute approximate surface area is 105 Å². The quantitative estimate of drug-likeness (QED) is 0.847. The largest absolute Gasteiger partial charge is 0.393 e. The van der Waals surface area contributed by atoms with Gasteiger partial charge in [0.05, 0.1) is 17.3 Å². The average molecular weight is 244 g/mol. The van der Waals surface area contributed by atoms with Crippen LogP contribution in [-0.4, -0.2) is 29.1 Å². The predicted molar refractivity (Wildman–Crippen MR) is 70.4 cm³/mol. The van der Waals surface area contributed by atoms with Crippen LogP contribution in [0.4, 0.5) is 5.69 Å². The van der Waals surface area contributed by atoms with Gasteiger partial charge in [-0.25, -0.2) is 0 Å². The molecule has 4 nitrogen and oxygen atoms in total. The molecule has 2 N–H and O–H groups in total. The van der Waals surface area contributed by atoms with Crippen molar-refractivity contribution in [1.82, 2.24) is 4.98 Å². The van der Waals surface area contributed by atoms with E-state index < -0.39 is 0 Å². The highest BCUT2D eigenvalue weighted by Gasteiger charge is 2.35. The molecule has 1 heterocycles. The molecular formula is C14H16N2O2. The minimum absolute atomic E-state index is 0.0322. The molecule has 2 aromatic rings. The number of H-pyrrole nitrogens is 1. The summed E-state index contributed by atoms with van der Waals surface area (Å²) in [6.07, 6.45) is 2.75. The first-order chi connectivity index (χ1) is 8.66. The number of hydrogen-bond donors (Lipinski definition) is 2. The van der Waals surface area contributed by atoms with Crippen LogP contribution >= 0.6 is 0 Å². The fraction of sp³-hybridized carbons (Fsp3) is 0.357. The standard InChI is InChI=1S/C14H16N2O2/c1-16(14(18)10-7-11(17)8-10)12-4-2-3-9-5-6-15-13(9)12/h2-6,10-11,15,17H,7-8H2,1H3. The van der Waals surface area contributed by atoms with Gasteiger partial charge >= 0.3 is 0 Å². The molecule has 94 valence electrons. The number of amides is 1. The summed E-state index contributed by atoms with van der Waals surface area (Å²) in [4.78, 5) is 17.1. The van der Waals surface area contributed by atoms with Crippen LogP contribution in [0.1, 0.15) is 12.8 Å². The van der Waals surface area contributed by atoms with E-state index >= 15 is 0 Å². The van der Waals surface area contributed by atoms with Crippen LogP contribution in [0.15, 0.2) is 30.5 Å². The van der Waals surface area contributed by atoms with Crippen molar-refractivity contribution in [1.29, 1.82) is 0 Å². The van der Waals surface area contributed by atoms with E-state index in [2.05, 4.69) is 4.98 Å². The van der Waals surface area contributed by atoms with Crippen molar-refractivity contribution in [3.05, 3.63) is 30.5 Å². The minimum atomic E-state index is -0.298. The lowest BCUT2D eigenvalue weighted by Crippen LogP contribution is -2.42. The van der Waals surface area contributed by atoms with Gasteiger partial charge in [0.15, 0.2) is 0 Å². The van der Waals surface area contributed by atoms with Gasteiger partial charge in [-0.15, -0.1) is 0 Å². The lowest BCUT2D eigenvalue weighted by atomic mass is 9.81.